The van der Waals surface area contributed by atoms with Crippen molar-refractivity contribution in [1.82, 2.24) is 15.3 Å². The molecule has 4 heterocycles. The molecule has 0 saturated carbocycles. The van der Waals surface area contributed by atoms with Crippen molar-refractivity contribution in [3.05, 3.63) is 70.2 Å². The molecule has 7 nitrogen and oxygen atoms in total. The van der Waals surface area contributed by atoms with Crippen molar-refractivity contribution in [3.63, 3.8) is 0 Å². The van der Waals surface area contributed by atoms with Gasteiger partial charge in [-0.1, -0.05) is 30.3 Å². The summed E-state index contributed by atoms with van der Waals surface area (Å²) in [5.41, 5.74) is 2.56. The van der Waals surface area contributed by atoms with Crippen LogP contribution in [0.3, 0.4) is 0 Å². The van der Waals surface area contributed by atoms with E-state index in [1.54, 1.807) is 12.3 Å². The van der Waals surface area contributed by atoms with E-state index in [4.69, 9.17) is 9.40 Å². The molecule has 31 heavy (non-hydrogen) atoms. The van der Waals surface area contributed by atoms with Crippen LogP contribution in [0.1, 0.15) is 18.6 Å². The summed E-state index contributed by atoms with van der Waals surface area (Å²) in [4.78, 5) is 35.2. The van der Waals surface area contributed by atoms with Gasteiger partial charge in [0.05, 0.1) is 24.2 Å². The quantitative estimate of drug-likeness (QED) is 0.499. The predicted molar refractivity (Wildman–Crippen MR) is 121 cm³/mol. The number of aromatic amines is 1. The van der Waals surface area contributed by atoms with Crippen LogP contribution in [0.15, 0.2) is 63.3 Å². The van der Waals surface area contributed by atoms with Gasteiger partial charge >= 0.3 is 0 Å². The van der Waals surface area contributed by atoms with Crippen molar-refractivity contribution in [1.29, 1.82) is 0 Å². The molecular weight excluding hydrogens is 412 g/mol. The Morgan fingerprint density at radius 1 is 1.26 bits per heavy atom. The zero-order valence-electron chi connectivity index (χ0n) is 16.8. The van der Waals surface area contributed by atoms with E-state index in [9.17, 15) is 9.59 Å². The topological polar surface area (TPSA) is 91.2 Å². The van der Waals surface area contributed by atoms with Gasteiger partial charge in [0.1, 0.15) is 10.5 Å². The highest BCUT2D eigenvalue weighted by Gasteiger charge is 2.27. The second-order valence-electron chi connectivity index (χ2n) is 7.67. The fraction of sp³-hybridized carbons (Fsp3) is 0.261. The lowest BCUT2D eigenvalue weighted by Crippen LogP contribution is -2.43. The predicted octanol–water partition coefficient (Wildman–Crippen LogP) is 3.78. The molecule has 1 atom stereocenters. The summed E-state index contributed by atoms with van der Waals surface area (Å²) < 4.78 is 5.90. The Morgan fingerprint density at radius 3 is 2.94 bits per heavy atom. The lowest BCUT2D eigenvalue weighted by atomic mass is 9.97. The Hall–Kier alpha value is -3.39. The molecule has 1 amide bonds. The molecule has 8 heteroatoms. The van der Waals surface area contributed by atoms with E-state index >= 15 is 0 Å². The maximum absolute atomic E-state index is 12.7. The first-order valence-electron chi connectivity index (χ1n) is 10.3. The van der Waals surface area contributed by atoms with Gasteiger partial charge in [0.15, 0.2) is 0 Å². The number of hydrogen-bond donors (Lipinski definition) is 2. The number of rotatable bonds is 5. The molecular formula is C23H22N4O3S. The second-order valence-corrected chi connectivity index (χ2v) is 8.54. The molecule has 0 bridgehead atoms. The van der Waals surface area contributed by atoms with Crippen molar-refractivity contribution < 1.29 is 9.21 Å². The lowest BCUT2D eigenvalue weighted by molar-refractivity contribution is -0.125. The third-order valence-corrected chi connectivity index (χ3v) is 6.58. The first kappa shape index (κ1) is 19.6. The molecule has 2 N–H and O–H groups in total. The number of piperidine rings is 1. The van der Waals surface area contributed by atoms with Crippen LogP contribution in [0.25, 0.3) is 21.3 Å². The number of furan rings is 1. The first-order chi connectivity index (χ1) is 15.2. The number of carbonyl (C=O) groups excluding carboxylic acids is 1. The zero-order valence-corrected chi connectivity index (χ0v) is 17.7. The first-order valence-corrected chi connectivity index (χ1v) is 11.2. The smallest absolute Gasteiger partial charge is 0.270 e. The number of benzene rings is 1. The fourth-order valence-corrected chi connectivity index (χ4v) is 4.91. The Kier molecular flexibility index (Phi) is 5.30. The van der Waals surface area contributed by atoms with E-state index in [1.807, 2.05) is 46.7 Å². The van der Waals surface area contributed by atoms with Crippen molar-refractivity contribution in [2.75, 3.05) is 18.0 Å². The van der Waals surface area contributed by atoms with Crippen LogP contribution in [0.2, 0.25) is 0 Å². The van der Waals surface area contributed by atoms with Crippen LogP contribution in [-0.2, 0) is 11.3 Å². The normalized spacial score (nSPS) is 16.5. The lowest BCUT2D eigenvalue weighted by Gasteiger charge is -2.32. The summed E-state index contributed by atoms with van der Waals surface area (Å²) in [5, 5.41) is 4.92. The number of amides is 1. The fourth-order valence-electron chi connectivity index (χ4n) is 4.00. The third kappa shape index (κ3) is 3.98. The Balaban J connectivity index is 1.38. The molecule has 1 aromatic carbocycles. The Bertz CT molecular complexity index is 1250. The number of nitrogens with zero attached hydrogens (tertiary/aromatic N) is 2. The minimum absolute atomic E-state index is 0.00923. The highest BCUT2D eigenvalue weighted by molar-refractivity contribution is 7.17. The number of hydrogen-bond acceptors (Lipinski definition) is 6. The van der Waals surface area contributed by atoms with Gasteiger partial charge in [-0.15, -0.1) is 11.3 Å². The molecule has 1 aliphatic heterocycles. The summed E-state index contributed by atoms with van der Waals surface area (Å²) in [6.07, 6.45) is 3.26. The molecule has 158 valence electrons. The second kappa shape index (κ2) is 8.39. The van der Waals surface area contributed by atoms with Crippen LogP contribution in [0, 0.1) is 5.92 Å². The average Bonchev–Trinajstić information content (AvgIpc) is 3.48. The van der Waals surface area contributed by atoms with Crippen LogP contribution in [0.4, 0.5) is 5.95 Å². The van der Waals surface area contributed by atoms with Crippen molar-refractivity contribution in [2.24, 2.45) is 5.92 Å². The maximum atomic E-state index is 12.7. The molecule has 1 fully saturated rings. The van der Waals surface area contributed by atoms with Gasteiger partial charge in [-0.2, -0.15) is 0 Å². The van der Waals surface area contributed by atoms with E-state index in [2.05, 4.69) is 10.3 Å². The molecule has 3 aromatic heterocycles. The minimum atomic E-state index is -0.166. The molecule has 0 radical (unpaired) electrons. The van der Waals surface area contributed by atoms with Crippen molar-refractivity contribution in [3.8, 4) is 11.1 Å². The Morgan fingerprint density at radius 2 is 2.13 bits per heavy atom. The highest BCUT2D eigenvalue weighted by Crippen LogP contribution is 2.32. The SMILES string of the molecule is O=C(NCc1ccco1)[C@@H]1CCCN(c2nc3c(-c4ccccc4)csc3c(=O)[nH]2)C1. The molecule has 0 aliphatic carbocycles. The standard InChI is InChI=1S/C23H22N4O3S/c28-21(24-12-17-9-5-11-30-17)16-8-4-10-27(13-16)23-25-19-18(15-6-2-1-3-7-15)14-31-20(19)22(29)26-23/h1-3,5-7,9,11,14,16H,4,8,10,12-13H2,(H,24,28)(H,25,26,29)/t16-/m1/s1. The maximum Gasteiger partial charge on any atom is 0.270 e. The van der Waals surface area contributed by atoms with Crippen LogP contribution in [-0.4, -0.2) is 29.0 Å². The molecule has 5 rings (SSSR count). The van der Waals surface area contributed by atoms with Crippen LogP contribution in [0.5, 0.6) is 0 Å². The highest BCUT2D eigenvalue weighted by atomic mass is 32.1. The summed E-state index contributed by atoms with van der Waals surface area (Å²) >= 11 is 1.40. The van der Waals surface area contributed by atoms with E-state index in [0.717, 1.165) is 36.3 Å². The summed E-state index contributed by atoms with van der Waals surface area (Å²) in [7, 11) is 0. The molecule has 0 unspecified atom stereocenters. The van der Waals surface area contributed by atoms with Gasteiger partial charge in [0.2, 0.25) is 11.9 Å². The summed E-state index contributed by atoms with van der Waals surface area (Å²) in [6, 6.07) is 13.6. The van der Waals surface area contributed by atoms with Gasteiger partial charge in [-0.3, -0.25) is 14.6 Å². The average molecular weight is 435 g/mol. The Labute approximate surface area is 182 Å². The molecule has 4 aromatic rings. The molecule has 0 spiro atoms. The van der Waals surface area contributed by atoms with Crippen LogP contribution >= 0.6 is 11.3 Å². The van der Waals surface area contributed by atoms with Crippen LogP contribution < -0.4 is 15.8 Å². The number of fused-ring (bicyclic) bond motifs is 1. The van der Waals surface area contributed by atoms with Gasteiger partial charge < -0.3 is 14.6 Å². The largest absolute Gasteiger partial charge is 0.467 e. The van der Waals surface area contributed by atoms with Gasteiger partial charge in [-0.25, -0.2) is 4.98 Å². The summed E-state index contributed by atoms with van der Waals surface area (Å²) in [6.45, 7) is 1.64. The minimum Gasteiger partial charge on any atom is -0.467 e. The van der Waals surface area contributed by atoms with Crippen molar-refractivity contribution in [2.45, 2.75) is 19.4 Å². The number of H-pyrrole nitrogens is 1. The number of thiophene rings is 1. The van der Waals surface area contributed by atoms with E-state index in [1.165, 1.54) is 11.3 Å². The monoisotopic (exact) mass is 434 g/mol. The van der Waals surface area contributed by atoms with Gasteiger partial charge in [-0.05, 0) is 30.5 Å². The summed E-state index contributed by atoms with van der Waals surface area (Å²) in [5.74, 6) is 1.07. The van der Waals surface area contributed by atoms with E-state index in [0.29, 0.717) is 29.3 Å². The van der Waals surface area contributed by atoms with Crippen molar-refractivity contribution >= 4 is 33.4 Å². The number of aromatic nitrogens is 2. The molecule has 1 saturated heterocycles. The molecule has 1 aliphatic rings. The van der Waals surface area contributed by atoms with Gasteiger partial charge in [0.25, 0.3) is 5.56 Å². The number of anilines is 1. The van der Waals surface area contributed by atoms with E-state index < -0.39 is 0 Å². The van der Waals surface area contributed by atoms with Gasteiger partial charge in [0, 0.05) is 24.0 Å². The zero-order chi connectivity index (χ0) is 21.2. The number of carbonyl (C=O) groups is 1. The number of nitrogens with one attached hydrogen (secondary N) is 2. The third-order valence-electron chi connectivity index (χ3n) is 5.61. The van der Waals surface area contributed by atoms with E-state index in [-0.39, 0.29) is 17.4 Å².